The first-order chi connectivity index (χ1) is 14.5. The van der Waals surface area contributed by atoms with Gasteiger partial charge < -0.3 is 15.5 Å². The zero-order valence-electron chi connectivity index (χ0n) is 18.2. The standard InChI is InChI=1S/C23H33N5OS/c1-18-14-20(17-28(18)16-19-8-5-4-6-9-19)26-23(25-15-22(29)27(2)3)24-12-11-21-10-7-13-30-21/h4-10,13,18,20H,11-12,14-17H2,1-3H3,(H2,24,25,26). The summed E-state index contributed by atoms with van der Waals surface area (Å²) in [5.41, 5.74) is 1.34. The average molecular weight is 428 g/mol. The molecule has 2 atom stereocenters. The molecular formula is C23H33N5OS. The number of rotatable bonds is 8. The van der Waals surface area contributed by atoms with Crippen molar-refractivity contribution < 1.29 is 4.79 Å². The van der Waals surface area contributed by atoms with E-state index in [1.54, 1.807) is 30.3 Å². The summed E-state index contributed by atoms with van der Waals surface area (Å²) in [5, 5.41) is 9.08. The number of likely N-dealkylation sites (tertiary alicyclic amines) is 1. The lowest BCUT2D eigenvalue weighted by atomic mass is 10.2. The number of benzene rings is 1. The van der Waals surface area contributed by atoms with Gasteiger partial charge in [0.25, 0.3) is 0 Å². The van der Waals surface area contributed by atoms with Gasteiger partial charge in [-0.15, -0.1) is 11.3 Å². The topological polar surface area (TPSA) is 60.0 Å². The predicted octanol–water partition coefficient (Wildman–Crippen LogP) is 2.58. The van der Waals surface area contributed by atoms with Crippen molar-refractivity contribution in [1.29, 1.82) is 0 Å². The Morgan fingerprint density at radius 1 is 1.23 bits per heavy atom. The largest absolute Gasteiger partial charge is 0.356 e. The molecule has 30 heavy (non-hydrogen) atoms. The summed E-state index contributed by atoms with van der Waals surface area (Å²) in [5.74, 6) is 0.723. The molecule has 0 radical (unpaired) electrons. The summed E-state index contributed by atoms with van der Waals surface area (Å²) in [6, 6.07) is 15.6. The molecule has 1 aromatic heterocycles. The van der Waals surface area contributed by atoms with Gasteiger partial charge >= 0.3 is 0 Å². The zero-order valence-corrected chi connectivity index (χ0v) is 19.0. The van der Waals surface area contributed by atoms with Crippen LogP contribution >= 0.6 is 11.3 Å². The molecule has 2 N–H and O–H groups in total. The number of carbonyl (C=O) groups excluding carboxylic acids is 1. The van der Waals surface area contributed by atoms with Gasteiger partial charge in [0.1, 0.15) is 6.54 Å². The Labute approximate surface area is 184 Å². The maximum atomic E-state index is 12.0. The maximum Gasteiger partial charge on any atom is 0.243 e. The summed E-state index contributed by atoms with van der Waals surface area (Å²) in [6.07, 6.45) is 2.00. The number of nitrogens with one attached hydrogen (secondary N) is 2. The minimum atomic E-state index is -0.000138. The second kappa shape index (κ2) is 11.1. The lowest BCUT2D eigenvalue weighted by molar-refractivity contribution is -0.127. The fourth-order valence-electron chi connectivity index (χ4n) is 3.63. The molecule has 1 amide bonds. The summed E-state index contributed by atoms with van der Waals surface area (Å²) in [7, 11) is 3.52. The van der Waals surface area contributed by atoms with Gasteiger partial charge in [-0.2, -0.15) is 0 Å². The molecular weight excluding hydrogens is 394 g/mol. The number of nitrogens with zero attached hydrogens (tertiary/aromatic N) is 3. The van der Waals surface area contributed by atoms with Gasteiger partial charge in [0.2, 0.25) is 5.91 Å². The Bertz CT molecular complexity index is 806. The summed E-state index contributed by atoms with van der Waals surface area (Å²) < 4.78 is 0. The SMILES string of the molecule is CC1CC(NC(=NCC(=O)N(C)C)NCCc2cccs2)CN1Cc1ccccc1. The van der Waals surface area contributed by atoms with E-state index in [1.165, 1.54) is 10.4 Å². The monoisotopic (exact) mass is 427 g/mol. The molecule has 1 aliphatic heterocycles. The van der Waals surface area contributed by atoms with Crippen molar-refractivity contribution in [2.24, 2.45) is 4.99 Å². The molecule has 7 heteroatoms. The third-order valence-electron chi connectivity index (χ3n) is 5.39. The first kappa shape index (κ1) is 22.3. The van der Waals surface area contributed by atoms with Crippen LogP contribution in [0.5, 0.6) is 0 Å². The normalized spacial score (nSPS) is 19.6. The van der Waals surface area contributed by atoms with E-state index in [2.05, 4.69) is 75.3 Å². The smallest absolute Gasteiger partial charge is 0.243 e. The molecule has 1 fully saturated rings. The maximum absolute atomic E-state index is 12.0. The third kappa shape index (κ3) is 6.85. The van der Waals surface area contributed by atoms with Crippen LogP contribution in [0.1, 0.15) is 23.8 Å². The zero-order chi connectivity index (χ0) is 21.3. The highest BCUT2D eigenvalue weighted by atomic mass is 32.1. The van der Waals surface area contributed by atoms with Crippen LogP contribution in [-0.2, 0) is 17.8 Å². The first-order valence-electron chi connectivity index (χ1n) is 10.6. The minimum Gasteiger partial charge on any atom is -0.356 e. The molecule has 1 aromatic carbocycles. The van der Waals surface area contributed by atoms with Crippen LogP contribution in [0.3, 0.4) is 0 Å². The first-order valence-corrected chi connectivity index (χ1v) is 11.4. The van der Waals surface area contributed by atoms with E-state index in [0.29, 0.717) is 12.1 Å². The van der Waals surface area contributed by atoms with Crippen molar-refractivity contribution in [1.82, 2.24) is 20.4 Å². The van der Waals surface area contributed by atoms with Crippen LogP contribution in [0.25, 0.3) is 0 Å². The van der Waals surface area contributed by atoms with Crippen molar-refractivity contribution in [3.63, 3.8) is 0 Å². The molecule has 2 unspecified atom stereocenters. The molecule has 0 bridgehead atoms. The predicted molar refractivity (Wildman–Crippen MR) is 125 cm³/mol. The second-order valence-electron chi connectivity index (χ2n) is 8.05. The highest BCUT2D eigenvalue weighted by Gasteiger charge is 2.29. The van der Waals surface area contributed by atoms with Gasteiger partial charge in [-0.05, 0) is 36.8 Å². The van der Waals surface area contributed by atoms with Crippen molar-refractivity contribution >= 4 is 23.2 Å². The van der Waals surface area contributed by atoms with Crippen LogP contribution in [0.4, 0.5) is 0 Å². The Kier molecular flexibility index (Phi) is 8.28. The Hall–Kier alpha value is -2.38. The van der Waals surface area contributed by atoms with E-state index in [9.17, 15) is 4.79 Å². The van der Waals surface area contributed by atoms with Gasteiger partial charge in [0.15, 0.2) is 5.96 Å². The molecule has 1 saturated heterocycles. The Morgan fingerprint density at radius 2 is 2.03 bits per heavy atom. The average Bonchev–Trinajstić information content (AvgIpc) is 3.36. The number of amides is 1. The van der Waals surface area contributed by atoms with E-state index in [4.69, 9.17) is 0 Å². The fourth-order valence-corrected chi connectivity index (χ4v) is 4.34. The van der Waals surface area contributed by atoms with E-state index >= 15 is 0 Å². The van der Waals surface area contributed by atoms with Crippen molar-refractivity contribution in [2.75, 3.05) is 33.7 Å². The molecule has 2 heterocycles. The Balaban J connectivity index is 1.57. The molecule has 162 valence electrons. The van der Waals surface area contributed by atoms with E-state index in [0.717, 1.165) is 38.4 Å². The van der Waals surface area contributed by atoms with Crippen LogP contribution in [0, 0.1) is 0 Å². The second-order valence-corrected chi connectivity index (χ2v) is 9.08. The van der Waals surface area contributed by atoms with Gasteiger partial charge in [0.05, 0.1) is 0 Å². The number of likely N-dealkylation sites (N-methyl/N-ethyl adjacent to an activating group) is 1. The molecule has 6 nitrogen and oxygen atoms in total. The quantitative estimate of drug-likeness (QED) is 0.502. The van der Waals surface area contributed by atoms with Crippen LogP contribution < -0.4 is 10.6 Å². The Morgan fingerprint density at radius 3 is 2.73 bits per heavy atom. The van der Waals surface area contributed by atoms with Crippen molar-refractivity contribution in [2.45, 2.75) is 38.4 Å². The van der Waals surface area contributed by atoms with Gasteiger partial charge in [0, 0.05) is 50.7 Å². The number of carbonyl (C=O) groups is 1. The van der Waals surface area contributed by atoms with Crippen molar-refractivity contribution in [3.8, 4) is 0 Å². The van der Waals surface area contributed by atoms with Crippen LogP contribution in [0.15, 0.2) is 52.8 Å². The number of thiophene rings is 1. The molecule has 1 aliphatic rings. The third-order valence-corrected chi connectivity index (χ3v) is 6.32. The highest BCUT2D eigenvalue weighted by Crippen LogP contribution is 2.20. The summed E-state index contributed by atoms with van der Waals surface area (Å²) in [6.45, 7) is 5.14. The number of hydrogen-bond acceptors (Lipinski definition) is 4. The minimum absolute atomic E-state index is 0.000138. The lowest BCUT2D eigenvalue weighted by Gasteiger charge is -2.21. The summed E-state index contributed by atoms with van der Waals surface area (Å²) >= 11 is 1.76. The fraction of sp³-hybridized carbons (Fsp3) is 0.478. The van der Waals surface area contributed by atoms with Crippen molar-refractivity contribution in [3.05, 3.63) is 58.3 Å². The van der Waals surface area contributed by atoms with Gasteiger partial charge in [-0.25, -0.2) is 4.99 Å². The highest BCUT2D eigenvalue weighted by molar-refractivity contribution is 7.09. The van der Waals surface area contributed by atoms with E-state index in [-0.39, 0.29) is 12.5 Å². The van der Waals surface area contributed by atoms with E-state index < -0.39 is 0 Å². The van der Waals surface area contributed by atoms with Crippen LogP contribution in [-0.4, -0.2) is 67.5 Å². The molecule has 0 spiro atoms. The number of aliphatic imine (C=N–C) groups is 1. The molecule has 0 saturated carbocycles. The summed E-state index contributed by atoms with van der Waals surface area (Å²) in [4.78, 5) is 22.0. The molecule has 0 aliphatic carbocycles. The van der Waals surface area contributed by atoms with Gasteiger partial charge in [-0.3, -0.25) is 9.69 Å². The molecule has 2 aromatic rings. The van der Waals surface area contributed by atoms with E-state index in [1.807, 2.05) is 0 Å². The molecule has 3 rings (SSSR count). The van der Waals surface area contributed by atoms with Crippen LogP contribution in [0.2, 0.25) is 0 Å². The number of guanidine groups is 1. The number of hydrogen-bond donors (Lipinski definition) is 2. The lowest BCUT2D eigenvalue weighted by Crippen LogP contribution is -2.45. The van der Waals surface area contributed by atoms with Gasteiger partial charge in [-0.1, -0.05) is 36.4 Å².